The van der Waals surface area contributed by atoms with E-state index in [1.54, 1.807) is 18.4 Å². The normalized spacial score (nSPS) is 10.9. The molecular formula is C19H20INO2. The fraction of sp³-hybridized carbons (Fsp3) is 0.211. The first-order valence-corrected chi connectivity index (χ1v) is 8.52. The van der Waals surface area contributed by atoms with Crippen LogP contribution in [-0.4, -0.2) is 17.9 Å². The van der Waals surface area contributed by atoms with Gasteiger partial charge in [-0.3, -0.25) is 4.99 Å². The number of hydrogen-bond acceptors (Lipinski definition) is 3. The second-order valence-corrected chi connectivity index (χ2v) is 6.31. The van der Waals surface area contributed by atoms with Crippen LogP contribution in [0, 0.1) is 10.5 Å². The highest BCUT2D eigenvalue weighted by molar-refractivity contribution is 14.1. The predicted octanol–water partition coefficient (Wildman–Crippen LogP) is 5.18. The first-order valence-electron chi connectivity index (χ1n) is 7.45. The Morgan fingerprint density at radius 2 is 2.09 bits per heavy atom. The van der Waals surface area contributed by atoms with Crippen LogP contribution in [0.15, 0.2) is 48.0 Å². The largest absolute Gasteiger partial charge is 0.504 e. The van der Waals surface area contributed by atoms with Gasteiger partial charge in [-0.05, 0) is 84.3 Å². The first-order chi connectivity index (χ1) is 11.0. The number of hydrogen-bond donors (Lipinski definition) is 1. The van der Waals surface area contributed by atoms with Crippen molar-refractivity contribution in [3.63, 3.8) is 0 Å². The summed E-state index contributed by atoms with van der Waals surface area (Å²) in [6.45, 7) is 8.18. The van der Waals surface area contributed by atoms with Crippen LogP contribution < -0.4 is 4.74 Å². The highest BCUT2D eigenvalue weighted by atomic mass is 127. The van der Waals surface area contributed by atoms with Gasteiger partial charge in [0.2, 0.25) is 0 Å². The Hall–Kier alpha value is -1.82. The average molecular weight is 421 g/mol. The van der Waals surface area contributed by atoms with Crippen LogP contribution in [0.1, 0.15) is 23.6 Å². The molecule has 0 aromatic heterocycles. The summed E-state index contributed by atoms with van der Waals surface area (Å²) in [5.74, 6) is 0.654. The molecule has 4 heteroatoms. The van der Waals surface area contributed by atoms with E-state index in [0.717, 1.165) is 16.8 Å². The van der Waals surface area contributed by atoms with Crippen molar-refractivity contribution >= 4 is 34.5 Å². The summed E-state index contributed by atoms with van der Waals surface area (Å²) in [5.41, 5.74) is 3.78. The lowest BCUT2D eigenvalue weighted by molar-refractivity contribution is 0.317. The van der Waals surface area contributed by atoms with Crippen LogP contribution in [0.3, 0.4) is 0 Å². The maximum atomic E-state index is 10.2. The van der Waals surface area contributed by atoms with Crippen molar-refractivity contribution in [2.75, 3.05) is 6.61 Å². The number of allylic oxidation sites excluding steroid dienone is 1. The third kappa shape index (κ3) is 4.58. The van der Waals surface area contributed by atoms with Gasteiger partial charge >= 0.3 is 0 Å². The molecule has 1 N–H and O–H groups in total. The molecule has 0 spiro atoms. The van der Waals surface area contributed by atoms with Crippen molar-refractivity contribution in [1.29, 1.82) is 0 Å². The fourth-order valence-electron chi connectivity index (χ4n) is 2.20. The molecule has 2 aromatic carbocycles. The molecule has 0 unspecified atom stereocenters. The van der Waals surface area contributed by atoms with Crippen LogP contribution in [0.2, 0.25) is 0 Å². The third-order valence-corrected chi connectivity index (χ3v) is 4.55. The molecule has 0 amide bonds. The number of halogens is 1. The number of rotatable bonds is 6. The molecule has 0 saturated heterocycles. The quantitative estimate of drug-likeness (QED) is 0.397. The highest BCUT2D eigenvalue weighted by Gasteiger charge is 2.09. The molecule has 0 bridgehead atoms. The molecular weight excluding hydrogens is 401 g/mol. The lowest BCUT2D eigenvalue weighted by atomic mass is 10.1. The minimum atomic E-state index is 0.175. The maximum Gasteiger partial charge on any atom is 0.161 e. The Morgan fingerprint density at radius 1 is 1.30 bits per heavy atom. The van der Waals surface area contributed by atoms with E-state index in [1.165, 1.54) is 9.13 Å². The molecule has 0 atom stereocenters. The average Bonchev–Trinajstić information content (AvgIpc) is 2.53. The molecule has 120 valence electrons. The second kappa shape index (κ2) is 8.15. The number of ether oxygens (including phenoxy) is 1. The number of aliphatic imine (C=N–C) groups is 1. The van der Waals surface area contributed by atoms with Gasteiger partial charge < -0.3 is 9.84 Å². The minimum absolute atomic E-state index is 0.175. The molecule has 3 nitrogen and oxygen atoms in total. The third-order valence-electron chi connectivity index (χ3n) is 3.34. The van der Waals surface area contributed by atoms with E-state index in [1.807, 2.05) is 31.2 Å². The van der Waals surface area contributed by atoms with Crippen LogP contribution in [0.25, 0.3) is 0 Å². The monoisotopic (exact) mass is 421 g/mol. The van der Waals surface area contributed by atoms with Crippen LogP contribution in [-0.2, 0) is 6.42 Å². The predicted molar refractivity (Wildman–Crippen MR) is 104 cm³/mol. The molecule has 0 aliphatic carbocycles. The number of nitrogens with zero attached hydrogens (tertiary/aromatic N) is 1. The number of benzene rings is 2. The topological polar surface area (TPSA) is 41.8 Å². The van der Waals surface area contributed by atoms with Crippen molar-refractivity contribution in [2.24, 2.45) is 4.99 Å². The fourth-order valence-corrected chi connectivity index (χ4v) is 2.53. The lowest BCUT2D eigenvalue weighted by Gasteiger charge is -2.10. The van der Waals surface area contributed by atoms with E-state index >= 15 is 0 Å². The van der Waals surface area contributed by atoms with E-state index in [4.69, 9.17) is 4.74 Å². The van der Waals surface area contributed by atoms with Gasteiger partial charge in [0, 0.05) is 15.3 Å². The van der Waals surface area contributed by atoms with Crippen molar-refractivity contribution in [3.8, 4) is 11.5 Å². The minimum Gasteiger partial charge on any atom is -0.504 e. The first kappa shape index (κ1) is 17.5. The molecule has 23 heavy (non-hydrogen) atoms. The zero-order valence-electron chi connectivity index (χ0n) is 13.3. The summed E-state index contributed by atoms with van der Waals surface area (Å²) < 4.78 is 6.72. The van der Waals surface area contributed by atoms with Gasteiger partial charge in [-0.1, -0.05) is 6.08 Å². The van der Waals surface area contributed by atoms with Crippen molar-refractivity contribution in [1.82, 2.24) is 0 Å². The molecule has 0 fully saturated rings. The van der Waals surface area contributed by atoms with E-state index < -0.39 is 0 Å². The smallest absolute Gasteiger partial charge is 0.161 e. The second-order valence-electron chi connectivity index (χ2n) is 5.14. The van der Waals surface area contributed by atoms with Gasteiger partial charge in [-0.2, -0.15) is 0 Å². The highest BCUT2D eigenvalue weighted by Crippen LogP contribution is 2.32. The Kier molecular flexibility index (Phi) is 6.21. The summed E-state index contributed by atoms with van der Waals surface area (Å²) >= 11 is 2.31. The summed E-state index contributed by atoms with van der Waals surface area (Å²) in [6.07, 6.45) is 4.13. The van der Waals surface area contributed by atoms with Gasteiger partial charge in [-0.25, -0.2) is 0 Å². The van der Waals surface area contributed by atoms with Crippen LogP contribution >= 0.6 is 22.6 Å². The zero-order valence-corrected chi connectivity index (χ0v) is 15.5. The standard InChI is InChI=1S/C19H20INO2/c1-4-6-15-10-14(11-18(19(15)22)23-5-2)12-21-16-7-8-17(20)13(3)9-16/h4,7-12,22H,1,5-6H2,2-3H3. The van der Waals surface area contributed by atoms with Crippen molar-refractivity contribution < 1.29 is 9.84 Å². The van der Waals surface area contributed by atoms with Gasteiger partial charge in [0.1, 0.15) is 0 Å². The summed E-state index contributed by atoms with van der Waals surface area (Å²) in [6, 6.07) is 9.79. The van der Waals surface area contributed by atoms with E-state index in [2.05, 4.69) is 41.1 Å². The SMILES string of the molecule is C=CCc1cc(C=Nc2ccc(I)c(C)c2)cc(OCC)c1O. The van der Waals surface area contributed by atoms with Crippen LogP contribution in [0.4, 0.5) is 5.69 Å². The number of phenolic OH excluding ortho intramolecular Hbond substituents is 1. The Bertz CT molecular complexity index is 738. The Balaban J connectivity index is 2.35. The van der Waals surface area contributed by atoms with Crippen molar-refractivity contribution in [3.05, 3.63) is 63.2 Å². The summed E-state index contributed by atoms with van der Waals surface area (Å²) in [5, 5.41) is 10.2. The molecule has 0 radical (unpaired) electrons. The van der Waals surface area contributed by atoms with Crippen LogP contribution in [0.5, 0.6) is 11.5 Å². The molecule has 2 rings (SSSR count). The van der Waals surface area contributed by atoms with Gasteiger partial charge in [0.15, 0.2) is 11.5 Å². The van der Waals surface area contributed by atoms with Crippen molar-refractivity contribution in [2.45, 2.75) is 20.3 Å². The van der Waals surface area contributed by atoms with E-state index in [-0.39, 0.29) is 5.75 Å². The molecule has 0 aliphatic rings. The zero-order chi connectivity index (χ0) is 16.8. The van der Waals surface area contributed by atoms with Gasteiger partial charge in [0.05, 0.1) is 12.3 Å². The molecule has 0 aliphatic heterocycles. The summed E-state index contributed by atoms with van der Waals surface area (Å²) in [4.78, 5) is 4.52. The van der Waals surface area contributed by atoms with Gasteiger partial charge in [-0.15, -0.1) is 6.58 Å². The summed E-state index contributed by atoms with van der Waals surface area (Å²) in [7, 11) is 0. The number of phenols is 1. The van der Waals surface area contributed by atoms with E-state index in [0.29, 0.717) is 18.8 Å². The maximum absolute atomic E-state index is 10.2. The lowest BCUT2D eigenvalue weighted by Crippen LogP contribution is -1.96. The van der Waals surface area contributed by atoms with Gasteiger partial charge in [0.25, 0.3) is 0 Å². The molecule has 0 heterocycles. The molecule has 0 saturated carbocycles. The number of aryl methyl sites for hydroxylation is 1. The molecule has 2 aromatic rings. The number of aromatic hydroxyl groups is 1. The van der Waals surface area contributed by atoms with E-state index in [9.17, 15) is 5.11 Å². The Morgan fingerprint density at radius 3 is 2.74 bits per heavy atom. The Labute approximate surface area is 150 Å².